The molecule has 1 unspecified atom stereocenters. The smallest absolute Gasteiger partial charge is 0.237 e. The van der Waals surface area contributed by atoms with Crippen LogP contribution in [0.25, 0.3) is 10.9 Å². The highest BCUT2D eigenvalue weighted by Gasteiger charge is 2.20. The molecule has 3 rings (SSSR count). The number of carbonyl (C=O) groups excluding carboxylic acids is 1. The number of hydrogen-bond donors (Lipinski definition) is 3. The van der Waals surface area contributed by atoms with Crippen LogP contribution in [-0.2, 0) is 11.2 Å². The van der Waals surface area contributed by atoms with E-state index in [4.69, 9.17) is 17.3 Å². The number of para-hydroxylation sites is 1. The van der Waals surface area contributed by atoms with Crippen molar-refractivity contribution in [3.8, 4) is 0 Å². The lowest BCUT2D eigenvalue weighted by molar-refractivity contribution is -0.123. The van der Waals surface area contributed by atoms with Gasteiger partial charge in [-0.15, -0.1) is 0 Å². The minimum absolute atomic E-state index is 0.212. The molecule has 6 heteroatoms. The molecular formula is C18H19ClN4O. The van der Waals surface area contributed by atoms with Crippen LogP contribution in [0.5, 0.6) is 0 Å². The lowest BCUT2D eigenvalue weighted by Gasteiger charge is -2.18. The van der Waals surface area contributed by atoms with Crippen LogP contribution in [0.1, 0.15) is 24.2 Å². The molecule has 0 fully saturated rings. The van der Waals surface area contributed by atoms with Crippen LogP contribution < -0.4 is 11.1 Å². The molecule has 0 radical (unpaired) electrons. The predicted octanol–water partition coefficient (Wildman–Crippen LogP) is 2.96. The molecule has 0 saturated heterocycles. The van der Waals surface area contributed by atoms with E-state index >= 15 is 0 Å². The van der Waals surface area contributed by atoms with Gasteiger partial charge in [0.2, 0.25) is 5.91 Å². The molecule has 0 aliphatic carbocycles. The molecule has 0 aliphatic rings. The topological polar surface area (TPSA) is 83.8 Å². The van der Waals surface area contributed by atoms with Crippen LogP contribution >= 0.6 is 11.6 Å². The van der Waals surface area contributed by atoms with E-state index < -0.39 is 6.04 Å². The number of aromatic nitrogens is 2. The summed E-state index contributed by atoms with van der Waals surface area (Å²) in [5.41, 5.74) is 8.66. The number of aromatic amines is 1. The second-order valence-electron chi connectivity index (χ2n) is 5.78. The summed E-state index contributed by atoms with van der Waals surface area (Å²) in [5.74, 6) is -0.221. The van der Waals surface area contributed by atoms with Gasteiger partial charge in [0.05, 0.1) is 17.6 Å². The number of benzene rings is 2. The summed E-state index contributed by atoms with van der Waals surface area (Å²) in [4.78, 5) is 12.4. The largest absolute Gasteiger partial charge is 0.348 e. The quantitative estimate of drug-likeness (QED) is 0.666. The SMILES string of the molecule is C[C@H](NC(=O)C(N)Cc1[nH]nc2ccccc12)c1ccccc1Cl. The third-order valence-electron chi connectivity index (χ3n) is 4.03. The van der Waals surface area contributed by atoms with E-state index in [1.807, 2.05) is 49.4 Å². The minimum atomic E-state index is -0.668. The first-order valence-corrected chi connectivity index (χ1v) is 8.16. The van der Waals surface area contributed by atoms with Crippen molar-refractivity contribution in [2.24, 2.45) is 5.73 Å². The molecule has 1 aromatic heterocycles. The summed E-state index contributed by atoms with van der Waals surface area (Å²) < 4.78 is 0. The van der Waals surface area contributed by atoms with Crippen LogP contribution in [0, 0.1) is 0 Å². The van der Waals surface area contributed by atoms with Crippen molar-refractivity contribution in [2.45, 2.75) is 25.4 Å². The first kappa shape index (κ1) is 16.5. The summed E-state index contributed by atoms with van der Waals surface area (Å²) in [6.07, 6.45) is 0.390. The highest BCUT2D eigenvalue weighted by atomic mass is 35.5. The molecule has 0 saturated carbocycles. The number of amides is 1. The van der Waals surface area contributed by atoms with E-state index in [2.05, 4.69) is 15.5 Å². The molecule has 0 spiro atoms. The molecule has 2 atom stereocenters. The fourth-order valence-electron chi connectivity index (χ4n) is 2.71. The summed E-state index contributed by atoms with van der Waals surface area (Å²) in [7, 11) is 0. The highest BCUT2D eigenvalue weighted by molar-refractivity contribution is 6.31. The Bertz CT molecular complexity index is 861. The van der Waals surface area contributed by atoms with Gasteiger partial charge in [-0.1, -0.05) is 48.0 Å². The summed E-state index contributed by atoms with van der Waals surface area (Å²) in [5, 5.41) is 11.7. The molecule has 2 aromatic carbocycles. The fourth-order valence-corrected chi connectivity index (χ4v) is 3.01. The van der Waals surface area contributed by atoms with Gasteiger partial charge in [0.15, 0.2) is 0 Å². The normalized spacial score (nSPS) is 13.6. The number of carbonyl (C=O) groups is 1. The van der Waals surface area contributed by atoms with Gasteiger partial charge in [0, 0.05) is 22.5 Å². The Morgan fingerprint density at radius 2 is 1.96 bits per heavy atom. The van der Waals surface area contributed by atoms with Crippen molar-refractivity contribution >= 4 is 28.4 Å². The molecule has 124 valence electrons. The van der Waals surface area contributed by atoms with E-state index in [1.54, 1.807) is 6.07 Å². The Morgan fingerprint density at radius 3 is 2.75 bits per heavy atom. The van der Waals surface area contributed by atoms with Gasteiger partial charge in [-0.3, -0.25) is 9.89 Å². The predicted molar refractivity (Wildman–Crippen MR) is 95.8 cm³/mol. The summed E-state index contributed by atoms with van der Waals surface area (Å²) in [6.45, 7) is 1.89. The Kier molecular flexibility index (Phi) is 4.83. The Hall–Kier alpha value is -2.37. The van der Waals surface area contributed by atoms with Crippen LogP contribution in [0.4, 0.5) is 0 Å². The molecule has 0 aliphatic heterocycles. The van der Waals surface area contributed by atoms with Crippen LogP contribution in [0.2, 0.25) is 5.02 Å². The zero-order valence-corrected chi connectivity index (χ0v) is 14.0. The van der Waals surface area contributed by atoms with E-state index in [1.165, 1.54) is 0 Å². The maximum atomic E-state index is 12.4. The average Bonchev–Trinajstić information content (AvgIpc) is 2.98. The van der Waals surface area contributed by atoms with Crippen molar-refractivity contribution < 1.29 is 4.79 Å². The molecule has 5 nitrogen and oxygen atoms in total. The van der Waals surface area contributed by atoms with Gasteiger partial charge in [-0.05, 0) is 24.6 Å². The number of nitrogens with zero attached hydrogens (tertiary/aromatic N) is 1. The lowest BCUT2D eigenvalue weighted by Crippen LogP contribution is -2.43. The molecular weight excluding hydrogens is 324 g/mol. The van der Waals surface area contributed by atoms with Gasteiger partial charge >= 0.3 is 0 Å². The number of H-pyrrole nitrogens is 1. The van der Waals surface area contributed by atoms with E-state index in [9.17, 15) is 4.79 Å². The van der Waals surface area contributed by atoms with E-state index in [0.29, 0.717) is 11.4 Å². The zero-order chi connectivity index (χ0) is 17.1. The maximum Gasteiger partial charge on any atom is 0.237 e. The molecule has 1 heterocycles. The first-order chi connectivity index (χ1) is 11.6. The number of halogens is 1. The second kappa shape index (κ2) is 7.03. The van der Waals surface area contributed by atoms with Crippen molar-refractivity contribution in [3.63, 3.8) is 0 Å². The van der Waals surface area contributed by atoms with E-state index in [0.717, 1.165) is 22.2 Å². The third kappa shape index (κ3) is 3.42. The summed E-state index contributed by atoms with van der Waals surface area (Å²) in [6, 6.07) is 14.3. The third-order valence-corrected chi connectivity index (χ3v) is 4.38. The van der Waals surface area contributed by atoms with Crippen molar-refractivity contribution in [1.29, 1.82) is 0 Å². The molecule has 1 amide bonds. The number of rotatable bonds is 5. The number of fused-ring (bicyclic) bond motifs is 1. The number of nitrogens with one attached hydrogen (secondary N) is 2. The Morgan fingerprint density at radius 1 is 1.25 bits per heavy atom. The second-order valence-corrected chi connectivity index (χ2v) is 6.19. The zero-order valence-electron chi connectivity index (χ0n) is 13.3. The van der Waals surface area contributed by atoms with Gasteiger partial charge < -0.3 is 11.1 Å². The fraction of sp³-hybridized carbons (Fsp3) is 0.222. The Labute approximate surface area is 145 Å². The molecule has 3 aromatic rings. The number of nitrogens with two attached hydrogens (primary N) is 1. The van der Waals surface area contributed by atoms with Crippen molar-refractivity contribution in [3.05, 3.63) is 64.8 Å². The lowest BCUT2D eigenvalue weighted by atomic mass is 10.1. The highest BCUT2D eigenvalue weighted by Crippen LogP contribution is 2.22. The Balaban J connectivity index is 1.68. The van der Waals surface area contributed by atoms with Gasteiger partial charge in [0.25, 0.3) is 0 Å². The van der Waals surface area contributed by atoms with Crippen LogP contribution in [0.15, 0.2) is 48.5 Å². The molecule has 4 N–H and O–H groups in total. The molecule has 24 heavy (non-hydrogen) atoms. The summed E-state index contributed by atoms with van der Waals surface area (Å²) >= 11 is 6.17. The first-order valence-electron chi connectivity index (χ1n) is 7.78. The standard InChI is InChI=1S/C18H19ClN4O/c1-11(12-6-2-4-8-14(12)19)21-18(24)15(20)10-17-13-7-3-5-9-16(13)22-23-17/h2-9,11,15H,10,20H2,1H3,(H,21,24)(H,22,23)/t11-,15?/m0/s1. The monoisotopic (exact) mass is 342 g/mol. The minimum Gasteiger partial charge on any atom is -0.348 e. The average molecular weight is 343 g/mol. The van der Waals surface area contributed by atoms with Crippen molar-refractivity contribution in [2.75, 3.05) is 0 Å². The van der Waals surface area contributed by atoms with Gasteiger partial charge in [-0.2, -0.15) is 5.10 Å². The van der Waals surface area contributed by atoms with Gasteiger partial charge in [-0.25, -0.2) is 0 Å². The van der Waals surface area contributed by atoms with Crippen LogP contribution in [0.3, 0.4) is 0 Å². The van der Waals surface area contributed by atoms with Gasteiger partial charge in [0.1, 0.15) is 0 Å². The molecule has 0 bridgehead atoms. The number of hydrogen-bond acceptors (Lipinski definition) is 3. The maximum absolute atomic E-state index is 12.4. The van der Waals surface area contributed by atoms with Crippen LogP contribution in [-0.4, -0.2) is 22.1 Å². The van der Waals surface area contributed by atoms with E-state index in [-0.39, 0.29) is 11.9 Å². The van der Waals surface area contributed by atoms with Crippen molar-refractivity contribution in [1.82, 2.24) is 15.5 Å².